The highest BCUT2D eigenvalue weighted by Gasteiger charge is 2.30. The predicted octanol–water partition coefficient (Wildman–Crippen LogP) is 6.34. The standard InChI is InChI=1S/C19H33O3P/c1-7-21-23(20,22-8-2)15-13-16(3)11-12-18-17(4)10-9-14-19(18,5)6/h10-13,15-16,18H,7-9,14H2,1-6H3. The Morgan fingerprint density at radius 3 is 2.43 bits per heavy atom. The van der Waals surface area contributed by atoms with E-state index in [9.17, 15) is 4.57 Å². The zero-order valence-electron chi connectivity index (χ0n) is 15.5. The van der Waals surface area contributed by atoms with Crippen molar-refractivity contribution >= 4 is 7.60 Å². The smallest absolute Gasteiger partial charge is 0.306 e. The average molecular weight is 340 g/mol. The topological polar surface area (TPSA) is 35.5 Å². The molecular formula is C19H33O3P. The molecule has 0 saturated heterocycles. The van der Waals surface area contributed by atoms with Crippen LogP contribution in [0.5, 0.6) is 0 Å². The molecule has 0 N–H and O–H groups in total. The van der Waals surface area contributed by atoms with Crippen molar-refractivity contribution in [3.8, 4) is 0 Å². The molecule has 0 aromatic rings. The molecule has 0 saturated carbocycles. The van der Waals surface area contributed by atoms with Crippen LogP contribution in [0, 0.1) is 17.3 Å². The first-order chi connectivity index (χ1) is 10.7. The number of hydrogen-bond acceptors (Lipinski definition) is 3. The van der Waals surface area contributed by atoms with Gasteiger partial charge in [0, 0.05) is 11.7 Å². The van der Waals surface area contributed by atoms with Gasteiger partial charge in [-0.15, -0.1) is 0 Å². The molecule has 0 bridgehead atoms. The molecule has 2 unspecified atom stereocenters. The largest absolute Gasteiger partial charge is 0.353 e. The summed E-state index contributed by atoms with van der Waals surface area (Å²) in [5.74, 6) is 2.26. The van der Waals surface area contributed by atoms with Gasteiger partial charge in [-0.25, -0.2) is 0 Å². The Bertz CT molecular complexity index is 493. The van der Waals surface area contributed by atoms with Gasteiger partial charge in [0.1, 0.15) is 0 Å². The fourth-order valence-electron chi connectivity index (χ4n) is 3.06. The second kappa shape index (κ2) is 9.01. The van der Waals surface area contributed by atoms with E-state index in [4.69, 9.17) is 9.05 Å². The Balaban J connectivity index is 2.76. The van der Waals surface area contributed by atoms with Crippen molar-refractivity contribution in [2.24, 2.45) is 17.3 Å². The van der Waals surface area contributed by atoms with Gasteiger partial charge in [-0.05, 0) is 44.9 Å². The predicted molar refractivity (Wildman–Crippen MR) is 98.6 cm³/mol. The average Bonchev–Trinajstić information content (AvgIpc) is 2.44. The Hall–Kier alpha value is -0.630. The molecule has 0 fully saturated rings. The van der Waals surface area contributed by atoms with Crippen molar-refractivity contribution in [3.05, 3.63) is 35.7 Å². The molecule has 3 nitrogen and oxygen atoms in total. The van der Waals surface area contributed by atoms with E-state index in [0.29, 0.717) is 24.5 Å². The lowest BCUT2D eigenvalue weighted by Crippen LogP contribution is -2.26. The van der Waals surface area contributed by atoms with Crippen LogP contribution in [0.3, 0.4) is 0 Å². The fourth-order valence-corrected chi connectivity index (χ4v) is 4.51. The molecule has 132 valence electrons. The summed E-state index contributed by atoms with van der Waals surface area (Å²) in [5.41, 5.74) is 1.74. The molecule has 0 spiro atoms. The summed E-state index contributed by atoms with van der Waals surface area (Å²) in [6.07, 6.45) is 11.1. The molecule has 2 atom stereocenters. The molecule has 1 aliphatic carbocycles. The van der Waals surface area contributed by atoms with Crippen molar-refractivity contribution in [2.45, 2.75) is 54.4 Å². The summed E-state index contributed by atoms with van der Waals surface area (Å²) < 4.78 is 23.0. The van der Waals surface area contributed by atoms with E-state index in [0.717, 1.165) is 0 Å². The molecule has 0 amide bonds. The van der Waals surface area contributed by atoms with Crippen LogP contribution >= 0.6 is 7.60 Å². The quantitative estimate of drug-likeness (QED) is 0.382. The lowest BCUT2D eigenvalue weighted by atomic mass is 9.68. The van der Waals surface area contributed by atoms with Gasteiger partial charge in [-0.3, -0.25) is 4.57 Å². The summed E-state index contributed by atoms with van der Waals surface area (Å²) in [4.78, 5) is 0. The first-order valence-electron chi connectivity index (χ1n) is 8.67. The van der Waals surface area contributed by atoms with Crippen LogP contribution < -0.4 is 0 Å². The maximum absolute atomic E-state index is 12.4. The Morgan fingerprint density at radius 1 is 1.30 bits per heavy atom. The number of allylic oxidation sites excluding steroid dienone is 5. The van der Waals surface area contributed by atoms with Gasteiger partial charge in [-0.1, -0.05) is 50.6 Å². The molecule has 0 heterocycles. The molecule has 1 rings (SSSR count). The summed E-state index contributed by atoms with van der Waals surface area (Å²) in [6, 6.07) is 0. The van der Waals surface area contributed by atoms with E-state index >= 15 is 0 Å². The van der Waals surface area contributed by atoms with E-state index in [1.807, 2.05) is 19.9 Å². The molecule has 0 radical (unpaired) electrons. The normalized spacial score (nSPS) is 23.4. The second-order valence-electron chi connectivity index (χ2n) is 6.91. The molecule has 0 aromatic heterocycles. The van der Waals surface area contributed by atoms with Gasteiger partial charge in [0.15, 0.2) is 0 Å². The highest BCUT2D eigenvalue weighted by Crippen LogP contribution is 2.50. The molecule has 1 aliphatic rings. The zero-order valence-corrected chi connectivity index (χ0v) is 16.4. The van der Waals surface area contributed by atoms with Crippen LogP contribution in [0.2, 0.25) is 0 Å². The summed E-state index contributed by atoms with van der Waals surface area (Å²) in [6.45, 7) is 13.4. The van der Waals surface area contributed by atoms with Gasteiger partial charge in [-0.2, -0.15) is 0 Å². The summed E-state index contributed by atoms with van der Waals surface area (Å²) in [7, 11) is -3.09. The maximum Gasteiger partial charge on any atom is 0.353 e. The van der Waals surface area contributed by atoms with E-state index < -0.39 is 7.60 Å². The van der Waals surface area contributed by atoms with E-state index in [1.54, 1.807) is 5.82 Å². The molecule has 0 aliphatic heterocycles. The van der Waals surface area contributed by atoms with Gasteiger partial charge >= 0.3 is 7.60 Å². The van der Waals surface area contributed by atoms with E-state index in [2.05, 4.69) is 45.9 Å². The first-order valence-corrected chi connectivity index (χ1v) is 10.3. The third kappa shape index (κ3) is 6.41. The number of rotatable bonds is 8. The minimum absolute atomic E-state index is 0.190. The Labute approximate surface area is 142 Å². The van der Waals surface area contributed by atoms with Crippen LogP contribution in [0.4, 0.5) is 0 Å². The van der Waals surface area contributed by atoms with Crippen LogP contribution in [0.25, 0.3) is 0 Å². The van der Waals surface area contributed by atoms with Gasteiger partial charge in [0.2, 0.25) is 0 Å². The van der Waals surface area contributed by atoms with Crippen molar-refractivity contribution in [2.75, 3.05) is 13.2 Å². The molecule has 4 heteroatoms. The van der Waals surface area contributed by atoms with Crippen molar-refractivity contribution < 1.29 is 13.6 Å². The third-order valence-corrected chi connectivity index (χ3v) is 6.16. The van der Waals surface area contributed by atoms with Crippen LogP contribution in [-0.4, -0.2) is 13.2 Å². The van der Waals surface area contributed by atoms with Crippen molar-refractivity contribution in [1.29, 1.82) is 0 Å². The SMILES string of the molecule is CCOP(=O)(C=CC(C)C=CC1C(C)=CCCC1(C)C)OCC. The van der Waals surface area contributed by atoms with E-state index in [-0.39, 0.29) is 5.92 Å². The highest BCUT2D eigenvalue weighted by atomic mass is 31.2. The fraction of sp³-hybridized carbons (Fsp3) is 0.684. The first kappa shape index (κ1) is 20.4. The van der Waals surface area contributed by atoms with Crippen LogP contribution in [0.15, 0.2) is 35.7 Å². The summed E-state index contributed by atoms with van der Waals surface area (Å²) >= 11 is 0. The summed E-state index contributed by atoms with van der Waals surface area (Å²) in [5, 5.41) is 0. The van der Waals surface area contributed by atoms with Crippen LogP contribution in [-0.2, 0) is 13.6 Å². The Morgan fingerprint density at radius 2 is 1.91 bits per heavy atom. The van der Waals surface area contributed by atoms with Crippen LogP contribution in [0.1, 0.15) is 54.4 Å². The highest BCUT2D eigenvalue weighted by molar-refractivity contribution is 7.57. The lowest BCUT2D eigenvalue weighted by molar-refractivity contribution is 0.228. The lowest BCUT2D eigenvalue weighted by Gasteiger charge is -2.36. The second-order valence-corrected chi connectivity index (χ2v) is 8.81. The molecular weight excluding hydrogens is 307 g/mol. The van der Waals surface area contributed by atoms with Gasteiger partial charge in [0.25, 0.3) is 0 Å². The van der Waals surface area contributed by atoms with E-state index in [1.165, 1.54) is 18.4 Å². The van der Waals surface area contributed by atoms with Gasteiger partial charge < -0.3 is 9.05 Å². The Kier molecular flexibility index (Phi) is 8.00. The van der Waals surface area contributed by atoms with Crippen molar-refractivity contribution in [1.82, 2.24) is 0 Å². The monoisotopic (exact) mass is 340 g/mol. The molecule has 23 heavy (non-hydrogen) atoms. The zero-order chi connectivity index (χ0) is 17.5. The minimum Gasteiger partial charge on any atom is -0.306 e. The minimum atomic E-state index is -3.09. The number of hydrogen-bond donors (Lipinski definition) is 0. The third-order valence-electron chi connectivity index (χ3n) is 4.38. The molecule has 0 aromatic carbocycles. The van der Waals surface area contributed by atoms with Gasteiger partial charge in [0.05, 0.1) is 13.2 Å². The van der Waals surface area contributed by atoms with Crippen molar-refractivity contribution in [3.63, 3.8) is 0 Å². The maximum atomic E-state index is 12.4.